The molecule has 1 aliphatic heterocycles. The van der Waals surface area contributed by atoms with Gasteiger partial charge in [0.1, 0.15) is 5.82 Å². The molecule has 0 bridgehead atoms. The number of hydrogen-bond donors (Lipinski definition) is 3. The van der Waals surface area contributed by atoms with Gasteiger partial charge in [0, 0.05) is 42.8 Å². The first-order chi connectivity index (χ1) is 16.4. The van der Waals surface area contributed by atoms with Gasteiger partial charge in [-0.25, -0.2) is 4.39 Å². The van der Waals surface area contributed by atoms with Gasteiger partial charge in [-0.3, -0.25) is 20.4 Å². The fraction of sp³-hybridized carbons (Fsp3) is 0.481. The monoisotopic (exact) mass is 466 g/mol. The van der Waals surface area contributed by atoms with E-state index in [1.54, 1.807) is 41.3 Å². The summed E-state index contributed by atoms with van der Waals surface area (Å²) in [6.45, 7) is 2.79. The molecule has 0 spiro atoms. The van der Waals surface area contributed by atoms with Crippen molar-refractivity contribution < 1.29 is 14.0 Å². The third-order valence-electron chi connectivity index (χ3n) is 6.97. The number of amides is 2. The average Bonchev–Trinajstić information content (AvgIpc) is 3.38. The van der Waals surface area contributed by atoms with E-state index in [-0.39, 0.29) is 29.6 Å². The van der Waals surface area contributed by atoms with Crippen molar-refractivity contribution in [1.82, 2.24) is 15.8 Å². The highest BCUT2D eigenvalue weighted by Crippen LogP contribution is 2.38. The van der Waals surface area contributed by atoms with Crippen LogP contribution in [0.4, 0.5) is 10.1 Å². The Balaban J connectivity index is 1.12. The fourth-order valence-electron chi connectivity index (χ4n) is 4.61. The number of nitrogens with one attached hydrogen (secondary N) is 3. The number of carbonyl (C=O) groups is 2. The van der Waals surface area contributed by atoms with E-state index >= 15 is 0 Å². The largest absolute Gasteiger partial charge is 0.342 e. The lowest BCUT2D eigenvalue weighted by Gasteiger charge is -2.18. The van der Waals surface area contributed by atoms with Crippen molar-refractivity contribution in [3.05, 3.63) is 65.5 Å². The third kappa shape index (κ3) is 6.42. The predicted molar refractivity (Wildman–Crippen MR) is 132 cm³/mol. The SMILES string of the molecule is CC1CC1C(=O)Nc1ccc(C(=O)N(C)CCCCCC2CC(c3cccc(F)c3)NN2)cc1. The summed E-state index contributed by atoms with van der Waals surface area (Å²) in [5, 5.41) is 2.93. The van der Waals surface area contributed by atoms with Crippen molar-refractivity contribution in [2.24, 2.45) is 11.8 Å². The zero-order chi connectivity index (χ0) is 24.1. The quantitative estimate of drug-likeness (QED) is 0.445. The number of unbranched alkanes of at least 4 members (excludes halogenated alkanes) is 2. The molecule has 7 heteroatoms. The molecule has 1 saturated carbocycles. The Morgan fingerprint density at radius 1 is 1.06 bits per heavy atom. The van der Waals surface area contributed by atoms with Gasteiger partial charge in [0.25, 0.3) is 5.91 Å². The normalized spacial score (nSPS) is 23.5. The number of benzene rings is 2. The van der Waals surface area contributed by atoms with Crippen molar-refractivity contribution in [3.63, 3.8) is 0 Å². The van der Waals surface area contributed by atoms with E-state index in [0.29, 0.717) is 24.1 Å². The van der Waals surface area contributed by atoms with Gasteiger partial charge in [0.05, 0.1) is 0 Å². The number of hydrazine groups is 1. The van der Waals surface area contributed by atoms with Crippen molar-refractivity contribution in [1.29, 1.82) is 0 Å². The molecule has 4 atom stereocenters. The maximum Gasteiger partial charge on any atom is 0.253 e. The summed E-state index contributed by atoms with van der Waals surface area (Å²) in [6, 6.07) is 14.4. The Morgan fingerprint density at radius 2 is 1.82 bits per heavy atom. The van der Waals surface area contributed by atoms with Crippen molar-refractivity contribution in [3.8, 4) is 0 Å². The highest BCUT2D eigenvalue weighted by molar-refractivity contribution is 5.96. The first-order valence-electron chi connectivity index (χ1n) is 12.3. The summed E-state index contributed by atoms with van der Waals surface area (Å²) in [5.41, 5.74) is 8.94. The second kappa shape index (κ2) is 11.1. The van der Waals surface area contributed by atoms with Gasteiger partial charge in [-0.1, -0.05) is 31.9 Å². The van der Waals surface area contributed by atoms with Crippen LogP contribution in [0.5, 0.6) is 0 Å². The molecule has 1 heterocycles. The molecule has 2 aromatic carbocycles. The number of hydrogen-bond acceptors (Lipinski definition) is 4. The Bertz CT molecular complexity index is 996. The summed E-state index contributed by atoms with van der Waals surface area (Å²) in [5.74, 6) is 0.457. The first kappa shape index (κ1) is 24.4. The van der Waals surface area contributed by atoms with Crippen LogP contribution in [0.3, 0.4) is 0 Å². The molecular formula is C27H35FN4O2. The standard InChI is InChI=1S/C27H35FN4O2/c1-18-15-24(18)26(33)29-22-12-10-19(11-13-22)27(34)32(2)14-5-3-4-9-23-17-25(31-30-23)20-7-6-8-21(28)16-20/h6-8,10-13,16,18,23-25,30-31H,3-5,9,14-15,17H2,1-2H3,(H,29,33). The minimum absolute atomic E-state index is 0.00622. The zero-order valence-corrected chi connectivity index (χ0v) is 20.0. The maximum absolute atomic E-state index is 13.4. The molecule has 1 aliphatic carbocycles. The molecule has 6 nitrogen and oxygen atoms in total. The molecule has 4 unspecified atom stereocenters. The number of nitrogens with zero attached hydrogens (tertiary/aromatic N) is 1. The topological polar surface area (TPSA) is 73.5 Å². The summed E-state index contributed by atoms with van der Waals surface area (Å²) in [4.78, 5) is 26.5. The van der Waals surface area contributed by atoms with Crippen molar-refractivity contribution in [2.45, 2.75) is 57.5 Å². The van der Waals surface area contributed by atoms with E-state index in [1.165, 1.54) is 6.07 Å². The van der Waals surface area contributed by atoms with Gasteiger partial charge in [0.2, 0.25) is 5.91 Å². The number of anilines is 1. The minimum atomic E-state index is -0.202. The Labute approximate surface area is 201 Å². The van der Waals surface area contributed by atoms with E-state index in [4.69, 9.17) is 0 Å². The third-order valence-corrected chi connectivity index (χ3v) is 6.97. The first-order valence-corrected chi connectivity index (χ1v) is 12.3. The van der Waals surface area contributed by atoms with Gasteiger partial charge in [-0.15, -0.1) is 0 Å². The Hall–Kier alpha value is -2.77. The number of carbonyl (C=O) groups excluding carboxylic acids is 2. The molecule has 0 radical (unpaired) electrons. The lowest BCUT2D eigenvalue weighted by Crippen LogP contribution is -2.31. The fourth-order valence-corrected chi connectivity index (χ4v) is 4.61. The highest BCUT2D eigenvalue weighted by Gasteiger charge is 2.39. The molecule has 34 heavy (non-hydrogen) atoms. The lowest BCUT2D eigenvalue weighted by atomic mass is 9.99. The minimum Gasteiger partial charge on any atom is -0.342 e. The van der Waals surface area contributed by atoms with Crippen molar-refractivity contribution >= 4 is 17.5 Å². The van der Waals surface area contributed by atoms with Gasteiger partial charge >= 0.3 is 0 Å². The molecule has 182 valence electrons. The molecule has 2 fully saturated rings. The van der Waals surface area contributed by atoms with Gasteiger partial charge in [0.15, 0.2) is 0 Å². The molecule has 0 aromatic heterocycles. The lowest BCUT2D eigenvalue weighted by molar-refractivity contribution is -0.117. The van der Waals surface area contributed by atoms with Crippen LogP contribution in [0.2, 0.25) is 0 Å². The van der Waals surface area contributed by atoms with E-state index in [0.717, 1.165) is 49.8 Å². The van der Waals surface area contributed by atoms with E-state index < -0.39 is 0 Å². The summed E-state index contributed by atoms with van der Waals surface area (Å²) in [6.07, 6.45) is 6.01. The zero-order valence-electron chi connectivity index (χ0n) is 20.0. The van der Waals surface area contributed by atoms with Gasteiger partial charge in [-0.05, 0) is 73.6 Å². The van der Waals surface area contributed by atoms with Crippen LogP contribution in [-0.4, -0.2) is 36.3 Å². The van der Waals surface area contributed by atoms with Crippen LogP contribution in [0.25, 0.3) is 0 Å². The smallest absolute Gasteiger partial charge is 0.253 e. The van der Waals surface area contributed by atoms with Crippen molar-refractivity contribution in [2.75, 3.05) is 18.9 Å². The predicted octanol–water partition coefficient (Wildman–Crippen LogP) is 4.66. The molecule has 4 rings (SSSR count). The van der Waals surface area contributed by atoms with Crippen LogP contribution in [-0.2, 0) is 4.79 Å². The van der Waals surface area contributed by atoms with Crippen LogP contribution in [0, 0.1) is 17.7 Å². The summed E-state index contributed by atoms with van der Waals surface area (Å²) < 4.78 is 13.4. The highest BCUT2D eigenvalue weighted by atomic mass is 19.1. The second-order valence-electron chi connectivity index (χ2n) is 9.79. The molecule has 2 amide bonds. The second-order valence-corrected chi connectivity index (χ2v) is 9.79. The van der Waals surface area contributed by atoms with Crippen LogP contribution in [0.1, 0.15) is 67.4 Å². The van der Waals surface area contributed by atoms with Crippen LogP contribution in [0.15, 0.2) is 48.5 Å². The Morgan fingerprint density at radius 3 is 2.53 bits per heavy atom. The van der Waals surface area contributed by atoms with E-state index in [1.807, 2.05) is 13.1 Å². The molecular weight excluding hydrogens is 431 g/mol. The average molecular weight is 467 g/mol. The van der Waals surface area contributed by atoms with Gasteiger partial charge < -0.3 is 10.2 Å². The number of halogens is 1. The molecule has 2 aliphatic rings. The summed E-state index contributed by atoms with van der Waals surface area (Å²) in [7, 11) is 1.83. The van der Waals surface area contributed by atoms with Gasteiger partial charge in [-0.2, -0.15) is 0 Å². The molecule has 2 aromatic rings. The number of rotatable bonds is 10. The molecule has 1 saturated heterocycles. The van der Waals surface area contributed by atoms with Crippen LogP contribution < -0.4 is 16.2 Å². The maximum atomic E-state index is 13.4. The summed E-state index contributed by atoms with van der Waals surface area (Å²) >= 11 is 0. The van der Waals surface area contributed by atoms with E-state index in [9.17, 15) is 14.0 Å². The van der Waals surface area contributed by atoms with E-state index in [2.05, 4.69) is 23.1 Å². The van der Waals surface area contributed by atoms with Crippen LogP contribution >= 0.6 is 0 Å². The molecule has 3 N–H and O–H groups in total. The Kier molecular flexibility index (Phi) is 7.95.